The van der Waals surface area contributed by atoms with E-state index in [4.69, 9.17) is 0 Å². The first-order valence-electron chi connectivity index (χ1n) is 21.7. The van der Waals surface area contributed by atoms with E-state index in [9.17, 15) is 8.42 Å². The van der Waals surface area contributed by atoms with E-state index in [1.165, 1.54) is 44.1 Å². The monoisotopic (exact) mass is 842 g/mol. The van der Waals surface area contributed by atoms with Gasteiger partial charge in [-0.05, 0) is 117 Å². The van der Waals surface area contributed by atoms with E-state index in [1.54, 1.807) is 0 Å². The Morgan fingerprint density at radius 3 is 1.70 bits per heavy atom. The Bertz CT molecular complexity index is 3590. The molecule has 1 aliphatic heterocycles. The van der Waals surface area contributed by atoms with Crippen molar-refractivity contribution in [2.45, 2.75) is 29.1 Å². The third-order valence-corrected chi connectivity index (χ3v) is 15.1. The van der Waals surface area contributed by atoms with Gasteiger partial charge < -0.3 is 9.47 Å². The smallest absolute Gasteiger partial charge is 0.207 e. The average molecular weight is 843 g/mol. The second-order valence-corrected chi connectivity index (χ2v) is 19.2. The Hall–Kier alpha value is -7.73. The van der Waals surface area contributed by atoms with Gasteiger partial charge in [0.2, 0.25) is 9.84 Å². The van der Waals surface area contributed by atoms with E-state index in [0.29, 0.717) is 9.79 Å². The van der Waals surface area contributed by atoms with Crippen molar-refractivity contribution in [3.8, 4) is 39.1 Å². The van der Waals surface area contributed by atoms with E-state index in [0.717, 1.165) is 56.1 Å². The van der Waals surface area contributed by atoms with Crippen LogP contribution in [0.3, 0.4) is 0 Å². The molecule has 0 bridgehead atoms. The molecular formula is C59H42N2O2S. The number of benzene rings is 9. The fraction of sp³-hybridized carbons (Fsp3) is 0.0508. The second kappa shape index (κ2) is 14.4. The summed E-state index contributed by atoms with van der Waals surface area (Å²) in [6.45, 7) is 4.65. The van der Waals surface area contributed by atoms with Crippen LogP contribution in [0.1, 0.15) is 36.1 Å². The summed E-state index contributed by atoms with van der Waals surface area (Å²) < 4.78 is 31.2. The summed E-state index contributed by atoms with van der Waals surface area (Å²) in [5.74, 6) is 0. The molecule has 2 heterocycles. The van der Waals surface area contributed by atoms with Gasteiger partial charge in [-0.25, -0.2) is 8.42 Å². The molecule has 10 aromatic rings. The Labute approximate surface area is 373 Å². The van der Waals surface area contributed by atoms with Gasteiger partial charge in [-0.15, -0.1) is 0 Å². The number of hydrogen-bond acceptors (Lipinski definition) is 3. The summed E-state index contributed by atoms with van der Waals surface area (Å²) in [4.78, 5) is 2.94. The molecule has 9 aromatic carbocycles. The van der Waals surface area contributed by atoms with Crippen LogP contribution in [-0.2, 0) is 15.3 Å². The predicted molar refractivity (Wildman–Crippen MR) is 265 cm³/mol. The number of para-hydroxylation sites is 4. The normalized spacial score (nSPS) is 14.1. The third kappa shape index (κ3) is 5.85. The van der Waals surface area contributed by atoms with Crippen molar-refractivity contribution in [3.05, 3.63) is 229 Å². The topological polar surface area (TPSA) is 42.3 Å². The molecule has 5 heteroatoms. The van der Waals surface area contributed by atoms with Crippen molar-refractivity contribution >= 4 is 60.9 Å². The number of fused-ring (bicyclic) bond motifs is 10. The quantitative estimate of drug-likeness (QED) is 0.150. The van der Waals surface area contributed by atoms with Gasteiger partial charge in [0.25, 0.3) is 0 Å². The third-order valence-electron chi connectivity index (χ3n) is 13.3. The van der Waals surface area contributed by atoms with Crippen LogP contribution in [0.2, 0.25) is 0 Å². The van der Waals surface area contributed by atoms with E-state index in [-0.39, 0.29) is 5.41 Å². The fourth-order valence-electron chi connectivity index (χ4n) is 10.3. The zero-order valence-corrected chi connectivity index (χ0v) is 36.2. The van der Waals surface area contributed by atoms with E-state index in [2.05, 4.69) is 163 Å². The fourth-order valence-corrected chi connectivity index (χ4v) is 12.0. The first-order valence-corrected chi connectivity index (χ1v) is 23.2. The lowest BCUT2D eigenvalue weighted by Crippen LogP contribution is -2.16. The van der Waals surface area contributed by atoms with Crippen molar-refractivity contribution in [2.75, 3.05) is 4.90 Å². The van der Waals surface area contributed by atoms with Gasteiger partial charge in [0.1, 0.15) is 0 Å². The molecule has 2 aliphatic rings. The van der Waals surface area contributed by atoms with E-state index >= 15 is 0 Å². The molecule has 4 nitrogen and oxygen atoms in total. The minimum atomic E-state index is -3.76. The van der Waals surface area contributed by atoms with Gasteiger partial charge in [-0.2, -0.15) is 0 Å². The lowest BCUT2D eigenvalue weighted by atomic mass is 9.80. The molecule has 0 radical (unpaired) electrons. The zero-order chi connectivity index (χ0) is 43.2. The highest BCUT2D eigenvalue weighted by Gasteiger charge is 2.39. The van der Waals surface area contributed by atoms with Crippen molar-refractivity contribution in [3.63, 3.8) is 0 Å². The molecule has 0 N–H and O–H groups in total. The lowest BCUT2D eigenvalue weighted by molar-refractivity contribution is 0.598. The first kappa shape index (κ1) is 38.0. The number of aromatic nitrogens is 1. The number of anilines is 3. The number of sulfone groups is 1. The van der Waals surface area contributed by atoms with Crippen LogP contribution >= 0.6 is 0 Å². The van der Waals surface area contributed by atoms with Crippen molar-refractivity contribution in [2.24, 2.45) is 0 Å². The average Bonchev–Trinajstić information content (AvgIpc) is 3.88. The standard InChI is InChI=1S/C59H42N2O2S/c1-59(2)53-37-41(27-32-47(53)51-34-35-52-48-20-12-13-21-54(48)61(58(52)57(51)59)45-18-10-5-11-19-45)42-28-33-50-49-31-26-40(36-55(49)64(62,63)56(50)38-42)23-22-39-24-29-46(30-25-39)60(43-14-6-3-7-15-43)44-16-8-4-9-17-44/h3-38H,1-2H3. The summed E-state index contributed by atoms with van der Waals surface area (Å²) in [6.07, 6.45) is 4.02. The molecule has 0 unspecified atom stereocenters. The molecule has 0 amide bonds. The second-order valence-electron chi connectivity index (χ2n) is 17.4. The minimum absolute atomic E-state index is 0.323. The Morgan fingerprint density at radius 1 is 0.469 bits per heavy atom. The van der Waals surface area contributed by atoms with Gasteiger partial charge in [0.15, 0.2) is 0 Å². The van der Waals surface area contributed by atoms with E-state index in [1.807, 2.05) is 78.9 Å². The summed E-state index contributed by atoms with van der Waals surface area (Å²) in [7, 11) is -3.76. The maximum Gasteiger partial charge on any atom is 0.207 e. The molecule has 0 saturated heterocycles. The van der Waals surface area contributed by atoms with Crippen molar-refractivity contribution in [1.82, 2.24) is 4.57 Å². The van der Waals surface area contributed by atoms with Crippen LogP contribution in [0.15, 0.2) is 216 Å². The van der Waals surface area contributed by atoms with Crippen molar-refractivity contribution in [1.29, 1.82) is 0 Å². The maximum absolute atomic E-state index is 14.4. The van der Waals surface area contributed by atoms with Gasteiger partial charge in [-0.3, -0.25) is 0 Å². The van der Waals surface area contributed by atoms with Gasteiger partial charge >= 0.3 is 0 Å². The number of nitrogens with zero attached hydrogens (tertiary/aromatic N) is 2. The molecule has 0 atom stereocenters. The largest absolute Gasteiger partial charge is 0.311 e. The highest BCUT2D eigenvalue weighted by molar-refractivity contribution is 7.92. The summed E-state index contributed by atoms with van der Waals surface area (Å²) in [6, 6.07) is 71.3. The van der Waals surface area contributed by atoms with Gasteiger partial charge in [-0.1, -0.05) is 159 Å². The van der Waals surface area contributed by atoms with Crippen LogP contribution < -0.4 is 4.90 Å². The minimum Gasteiger partial charge on any atom is -0.311 e. The van der Waals surface area contributed by atoms with Gasteiger partial charge in [0.05, 0.1) is 20.8 Å². The van der Waals surface area contributed by atoms with Crippen LogP contribution in [-0.4, -0.2) is 13.0 Å². The van der Waals surface area contributed by atoms with Crippen LogP contribution in [0.5, 0.6) is 0 Å². The van der Waals surface area contributed by atoms with Crippen LogP contribution in [0, 0.1) is 0 Å². The maximum atomic E-state index is 14.4. The Morgan fingerprint density at radius 2 is 1.00 bits per heavy atom. The Kier molecular flexibility index (Phi) is 8.56. The highest BCUT2D eigenvalue weighted by Crippen LogP contribution is 2.54. The van der Waals surface area contributed by atoms with Gasteiger partial charge in [0, 0.05) is 50.1 Å². The molecule has 12 rings (SSSR count). The molecule has 0 saturated carbocycles. The van der Waals surface area contributed by atoms with Crippen LogP contribution in [0.25, 0.3) is 73.0 Å². The summed E-state index contributed by atoms with van der Waals surface area (Å²) in [5.41, 5.74) is 16.7. The summed E-state index contributed by atoms with van der Waals surface area (Å²) >= 11 is 0. The van der Waals surface area contributed by atoms with Crippen LogP contribution in [0.4, 0.5) is 17.1 Å². The SMILES string of the molecule is CC1(C)c2cc(-c3ccc4c(c3)S(=O)(=O)c3cc(C=Cc5ccc(N(c6ccccc6)c6ccccc6)cc5)ccc3-4)ccc2-c2ccc3c4ccccc4n(-c4ccccc4)c3c21. The lowest BCUT2D eigenvalue weighted by Gasteiger charge is -2.25. The first-order chi connectivity index (χ1) is 31.3. The van der Waals surface area contributed by atoms with Crippen molar-refractivity contribution < 1.29 is 8.42 Å². The summed E-state index contributed by atoms with van der Waals surface area (Å²) in [5, 5.41) is 2.48. The molecular weight excluding hydrogens is 801 g/mol. The molecule has 64 heavy (non-hydrogen) atoms. The predicted octanol–water partition coefficient (Wildman–Crippen LogP) is 15.2. The number of hydrogen-bond donors (Lipinski definition) is 0. The number of rotatable bonds is 7. The molecule has 1 aliphatic carbocycles. The molecule has 0 spiro atoms. The molecule has 306 valence electrons. The molecule has 0 fully saturated rings. The Balaban J connectivity index is 0.851. The highest BCUT2D eigenvalue weighted by atomic mass is 32.2. The molecule has 1 aromatic heterocycles. The van der Waals surface area contributed by atoms with E-state index < -0.39 is 9.84 Å². The zero-order valence-electron chi connectivity index (χ0n) is 35.4.